The number of rotatable bonds is 4. The number of hydrogen-bond acceptors (Lipinski definition) is 5. The first-order chi connectivity index (χ1) is 11.9. The van der Waals surface area contributed by atoms with Gasteiger partial charge in [-0.05, 0) is 55.3 Å². The topological polar surface area (TPSA) is 90.5 Å². The SMILES string of the molecule is Cc1ccc(C(=O)NCc2c(C)nn(C)c2C)c(-n2cnnn2)c1C. The van der Waals surface area contributed by atoms with Crippen LogP contribution in [0.25, 0.3) is 5.69 Å². The molecule has 3 rings (SSSR count). The molecule has 8 nitrogen and oxygen atoms in total. The molecule has 3 aromatic rings. The number of benzene rings is 1. The maximum absolute atomic E-state index is 12.8. The molecule has 0 radical (unpaired) electrons. The lowest BCUT2D eigenvalue weighted by molar-refractivity contribution is 0.0950. The van der Waals surface area contributed by atoms with Crippen LogP contribution in [0.1, 0.15) is 38.4 Å². The first-order valence-corrected chi connectivity index (χ1v) is 8.01. The van der Waals surface area contributed by atoms with E-state index in [2.05, 4.69) is 25.9 Å². The molecule has 0 fully saturated rings. The summed E-state index contributed by atoms with van der Waals surface area (Å²) in [5.41, 5.74) is 6.26. The first-order valence-electron chi connectivity index (χ1n) is 8.01. The summed E-state index contributed by atoms with van der Waals surface area (Å²) in [6.07, 6.45) is 1.49. The van der Waals surface area contributed by atoms with Crippen molar-refractivity contribution in [1.82, 2.24) is 35.3 Å². The van der Waals surface area contributed by atoms with Crippen LogP contribution in [0, 0.1) is 27.7 Å². The number of nitrogens with zero attached hydrogens (tertiary/aromatic N) is 6. The molecule has 0 saturated heterocycles. The fourth-order valence-corrected chi connectivity index (χ4v) is 2.88. The Labute approximate surface area is 145 Å². The molecule has 8 heteroatoms. The lowest BCUT2D eigenvalue weighted by atomic mass is 10.0. The molecule has 0 saturated carbocycles. The van der Waals surface area contributed by atoms with E-state index in [1.807, 2.05) is 45.5 Å². The molecule has 1 amide bonds. The monoisotopic (exact) mass is 339 g/mol. The fourth-order valence-electron chi connectivity index (χ4n) is 2.88. The zero-order valence-electron chi connectivity index (χ0n) is 15.0. The molecule has 130 valence electrons. The quantitative estimate of drug-likeness (QED) is 0.779. The van der Waals surface area contributed by atoms with E-state index in [9.17, 15) is 4.79 Å². The van der Waals surface area contributed by atoms with Gasteiger partial charge in [0, 0.05) is 24.8 Å². The smallest absolute Gasteiger partial charge is 0.253 e. The highest BCUT2D eigenvalue weighted by Crippen LogP contribution is 2.22. The van der Waals surface area contributed by atoms with Crippen LogP contribution in [-0.4, -0.2) is 35.9 Å². The van der Waals surface area contributed by atoms with Crippen LogP contribution in [0.2, 0.25) is 0 Å². The highest BCUT2D eigenvalue weighted by molar-refractivity contribution is 5.98. The Balaban J connectivity index is 1.91. The number of aromatic nitrogens is 6. The predicted octanol–water partition coefficient (Wildman–Crippen LogP) is 1.56. The summed E-state index contributed by atoms with van der Waals surface area (Å²) in [5.74, 6) is -0.170. The molecular formula is C17H21N7O. The molecule has 0 atom stereocenters. The second kappa shape index (κ2) is 6.46. The van der Waals surface area contributed by atoms with Gasteiger partial charge in [-0.25, -0.2) is 0 Å². The maximum Gasteiger partial charge on any atom is 0.253 e. The van der Waals surface area contributed by atoms with Crippen molar-refractivity contribution >= 4 is 5.91 Å². The summed E-state index contributed by atoms with van der Waals surface area (Å²) >= 11 is 0. The highest BCUT2D eigenvalue weighted by Gasteiger charge is 2.18. The number of aryl methyl sites for hydroxylation is 3. The number of amides is 1. The van der Waals surface area contributed by atoms with E-state index in [4.69, 9.17) is 0 Å². The maximum atomic E-state index is 12.8. The largest absolute Gasteiger partial charge is 0.348 e. The number of carbonyl (C=O) groups excluding carboxylic acids is 1. The van der Waals surface area contributed by atoms with Gasteiger partial charge in [-0.3, -0.25) is 9.48 Å². The van der Waals surface area contributed by atoms with E-state index in [0.29, 0.717) is 17.8 Å². The summed E-state index contributed by atoms with van der Waals surface area (Å²) in [7, 11) is 1.90. The van der Waals surface area contributed by atoms with Crippen LogP contribution in [-0.2, 0) is 13.6 Å². The lowest BCUT2D eigenvalue weighted by Crippen LogP contribution is -2.25. The number of hydrogen-bond donors (Lipinski definition) is 1. The standard InChI is InChI=1S/C17H21N7O/c1-10-6-7-14(16(11(10)2)24-9-19-21-22-24)17(25)18-8-15-12(3)20-23(5)13(15)4/h6-7,9H,8H2,1-5H3,(H,18,25). The summed E-state index contributed by atoms with van der Waals surface area (Å²) in [6.45, 7) is 8.30. The molecule has 2 aromatic heterocycles. The minimum atomic E-state index is -0.170. The van der Waals surface area contributed by atoms with Crippen molar-refractivity contribution in [3.05, 3.63) is 52.1 Å². The molecule has 25 heavy (non-hydrogen) atoms. The van der Waals surface area contributed by atoms with Gasteiger partial charge < -0.3 is 5.32 Å². The number of carbonyl (C=O) groups is 1. The lowest BCUT2D eigenvalue weighted by Gasteiger charge is -2.14. The van der Waals surface area contributed by atoms with Gasteiger partial charge >= 0.3 is 0 Å². The summed E-state index contributed by atoms with van der Waals surface area (Å²) in [4.78, 5) is 12.8. The van der Waals surface area contributed by atoms with Crippen LogP contribution in [0.4, 0.5) is 0 Å². The average molecular weight is 339 g/mol. The van der Waals surface area contributed by atoms with Crippen molar-refractivity contribution in [3.63, 3.8) is 0 Å². The zero-order valence-corrected chi connectivity index (χ0v) is 15.0. The van der Waals surface area contributed by atoms with E-state index in [1.54, 1.807) is 6.07 Å². The zero-order chi connectivity index (χ0) is 18.1. The molecule has 0 aliphatic carbocycles. The van der Waals surface area contributed by atoms with Gasteiger partial charge in [0.2, 0.25) is 0 Å². The molecule has 0 aliphatic heterocycles. The summed E-state index contributed by atoms with van der Waals surface area (Å²) < 4.78 is 3.34. The van der Waals surface area contributed by atoms with Crippen molar-refractivity contribution in [2.45, 2.75) is 34.2 Å². The van der Waals surface area contributed by atoms with Crippen molar-refractivity contribution in [2.24, 2.45) is 7.05 Å². The minimum absolute atomic E-state index is 0.170. The Kier molecular flexibility index (Phi) is 4.35. The van der Waals surface area contributed by atoms with Gasteiger partial charge in [-0.1, -0.05) is 6.07 Å². The summed E-state index contributed by atoms with van der Waals surface area (Å²) in [6, 6.07) is 3.73. The van der Waals surface area contributed by atoms with Crippen molar-refractivity contribution in [3.8, 4) is 5.69 Å². The Hall–Kier alpha value is -3.03. The van der Waals surface area contributed by atoms with E-state index >= 15 is 0 Å². The van der Waals surface area contributed by atoms with Gasteiger partial charge in [0.25, 0.3) is 5.91 Å². The summed E-state index contributed by atoms with van der Waals surface area (Å²) in [5, 5.41) is 18.7. The fraction of sp³-hybridized carbons (Fsp3) is 0.353. The predicted molar refractivity (Wildman–Crippen MR) is 92.5 cm³/mol. The van der Waals surface area contributed by atoms with E-state index < -0.39 is 0 Å². The van der Waals surface area contributed by atoms with Crippen LogP contribution in [0.5, 0.6) is 0 Å². The third-order valence-electron chi connectivity index (χ3n) is 4.61. The van der Waals surface area contributed by atoms with Crippen LogP contribution >= 0.6 is 0 Å². The Bertz CT molecular complexity index is 925. The molecule has 0 bridgehead atoms. The number of nitrogens with one attached hydrogen (secondary N) is 1. The third kappa shape index (κ3) is 3.02. The van der Waals surface area contributed by atoms with Crippen molar-refractivity contribution in [1.29, 1.82) is 0 Å². The minimum Gasteiger partial charge on any atom is -0.348 e. The molecule has 1 aromatic carbocycles. The van der Waals surface area contributed by atoms with Crippen LogP contribution < -0.4 is 5.32 Å². The molecule has 0 spiro atoms. The van der Waals surface area contributed by atoms with Crippen molar-refractivity contribution < 1.29 is 4.79 Å². The van der Waals surface area contributed by atoms with Crippen molar-refractivity contribution in [2.75, 3.05) is 0 Å². The average Bonchev–Trinajstić information content (AvgIpc) is 3.18. The molecule has 2 heterocycles. The Morgan fingerprint density at radius 1 is 1.20 bits per heavy atom. The molecular weight excluding hydrogens is 318 g/mol. The Morgan fingerprint density at radius 2 is 1.96 bits per heavy atom. The molecule has 0 aliphatic rings. The normalized spacial score (nSPS) is 10.9. The third-order valence-corrected chi connectivity index (χ3v) is 4.61. The second-order valence-corrected chi connectivity index (χ2v) is 6.11. The molecule has 1 N–H and O–H groups in total. The van der Waals surface area contributed by atoms with E-state index in [1.165, 1.54) is 11.0 Å². The van der Waals surface area contributed by atoms with Crippen LogP contribution in [0.3, 0.4) is 0 Å². The van der Waals surface area contributed by atoms with Gasteiger partial charge in [0.15, 0.2) is 0 Å². The van der Waals surface area contributed by atoms with E-state index in [-0.39, 0.29) is 5.91 Å². The van der Waals surface area contributed by atoms with Gasteiger partial charge in [0.1, 0.15) is 6.33 Å². The number of tetrazole rings is 1. The molecule has 0 unspecified atom stereocenters. The first kappa shape index (κ1) is 16.8. The van der Waals surface area contributed by atoms with Gasteiger partial charge in [-0.15, -0.1) is 5.10 Å². The van der Waals surface area contributed by atoms with Crippen LogP contribution in [0.15, 0.2) is 18.5 Å². The second-order valence-electron chi connectivity index (χ2n) is 6.11. The highest BCUT2D eigenvalue weighted by atomic mass is 16.1. The van der Waals surface area contributed by atoms with E-state index in [0.717, 1.165) is 28.1 Å². The van der Waals surface area contributed by atoms with Gasteiger partial charge in [0.05, 0.1) is 16.9 Å². The van der Waals surface area contributed by atoms with Gasteiger partial charge in [-0.2, -0.15) is 9.78 Å². The Morgan fingerprint density at radius 3 is 2.56 bits per heavy atom.